The molecule has 0 rings (SSSR count). The van der Waals surface area contributed by atoms with Crippen LogP contribution in [0.15, 0.2) is 194 Å². The van der Waals surface area contributed by atoms with Gasteiger partial charge in [0.2, 0.25) is 0 Å². The molecule has 0 aliphatic heterocycles. The van der Waals surface area contributed by atoms with Crippen LogP contribution in [-0.4, -0.2) is 82.3 Å². The molecule has 0 aliphatic carbocycles. The molecule has 0 N–H and O–H groups in total. The molecule has 2 unspecified atom stereocenters. The molecule has 0 amide bonds. The van der Waals surface area contributed by atoms with Gasteiger partial charge in [-0.1, -0.05) is 272 Å². The summed E-state index contributed by atoms with van der Waals surface area (Å²) in [6, 6.07) is 0. The summed E-state index contributed by atoms with van der Waals surface area (Å²) in [5.74, 6) is -2.34. The Labute approximate surface area is 544 Å². The van der Waals surface area contributed by atoms with Gasteiger partial charge in [0.05, 0.1) is 40.3 Å². The highest BCUT2D eigenvalue weighted by molar-refractivity contribution is 5.70. The number of unbranched alkanes of at least 4 members (excludes halogenated alkanes) is 14. The summed E-state index contributed by atoms with van der Waals surface area (Å²) in [5, 5.41) is 11.8. The molecule has 0 aromatic carbocycles. The molecule has 0 heterocycles. The second kappa shape index (κ2) is 68.0. The van der Waals surface area contributed by atoms with Crippen molar-refractivity contribution in [3.8, 4) is 0 Å². The van der Waals surface area contributed by atoms with Crippen molar-refractivity contribution in [3.63, 3.8) is 0 Å². The molecule has 0 spiro atoms. The molecule has 9 nitrogen and oxygen atoms in total. The summed E-state index contributed by atoms with van der Waals surface area (Å²) < 4.78 is 22.7. The van der Waals surface area contributed by atoms with Gasteiger partial charge in [0, 0.05) is 12.8 Å². The van der Waals surface area contributed by atoms with Crippen molar-refractivity contribution in [2.75, 3.05) is 47.5 Å². The number of nitrogens with zero attached hydrogens (tertiary/aromatic N) is 1. The van der Waals surface area contributed by atoms with E-state index >= 15 is 0 Å². The van der Waals surface area contributed by atoms with Crippen LogP contribution < -0.4 is 5.11 Å². The molecule has 498 valence electrons. The highest BCUT2D eigenvalue weighted by atomic mass is 16.7. The first-order valence-electron chi connectivity index (χ1n) is 34.6. The number of carboxylic acid groups (broad SMARTS) is 1. The van der Waals surface area contributed by atoms with Gasteiger partial charge in [0.15, 0.2) is 12.4 Å². The van der Waals surface area contributed by atoms with Crippen molar-refractivity contribution < 1.29 is 42.9 Å². The largest absolute Gasteiger partial charge is 0.545 e. The van der Waals surface area contributed by atoms with E-state index < -0.39 is 24.3 Å². The van der Waals surface area contributed by atoms with Crippen LogP contribution in [0.25, 0.3) is 0 Å². The fourth-order valence-electron chi connectivity index (χ4n) is 8.63. The summed E-state index contributed by atoms with van der Waals surface area (Å²) in [6.45, 7) is 4.46. The van der Waals surface area contributed by atoms with Crippen LogP contribution in [0.2, 0.25) is 0 Å². The predicted octanol–water partition coefficient (Wildman–Crippen LogP) is 20.5. The van der Waals surface area contributed by atoms with Crippen molar-refractivity contribution >= 4 is 17.9 Å². The van der Waals surface area contributed by atoms with Gasteiger partial charge in [-0.2, -0.15) is 0 Å². The van der Waals surface area contributed by atoms with Gasteiger partial charge < -0.3 is 33.3 Å². The van der Waals surface area contributed by atoms with Crippen molar-refractivity contribution in [3.05, 3.63) is 194 Å². The summed E-state index contributed by atoms with van der Waals surface area (Å²) in [7, 11) is 5.90. The van der Waals surface area contributed by atoms with E-state index in [2.05, 4.69) is 208 Å². The average molecular weight is 1230 g/mol. The third-order valence-corrected chi connectivity index (χ3v) is 13.8. The zero-order chi connectivity index (χ0) is 64.7. The maximum Gasteiger partial charge on any atom is 0.306 e. The van der Waals surface area contributed by atoms with Gasteiger partial charge in [-0.15, -0.1) is 0 Å². The highest BCUT2D eigenvalue weighted by Crippen LogP contribution is 2.14. The fourth-order valence-corrected chi connectivity index (χ4v) is 8.63. The lowest BCUT2D eigenvalue weighted by atomic mass is 10.1. The number of hydrogen-bond donors (Lipinski definition) is 0. The lowest BCUT2D eigenvalue weighted by molar-refractivity contribution is -0.870. The molecule has 0 bridgehead atoms. The number of hydrogen-bond acceptors (Lipinski definition) is 8. The van der Waals surface area contributed by atoms with Crippen molar-refractivity contribution in [1.29, 1.82) is 0 Å². The molecule has 89 heavy (non-hydrogen) atoms. The lowest BCUT2D eigenvalue weighted by Gasteiger charge is -2.26. The Morgan fingerprint density at radius 3 is 0.899 bits per heavy atom. The minimum atomic E-state index is -1.64. The lowest BCUT2D eigenvalue weighted by Crippen LogP contribution is -2.44. The first-order chi connectivity index (χ1) is 43.6. The third-order valence-electron chi connectivity index (χ3n) is 13.8. The molecular weight excluding hydrogens is 1100 g/mol. The Morgan fingerprint density at radius 2 is 0.607 bits per heavy atom. The molecule has 0 aromatic rings. The molecule has 0 aliphatic rings. The van der Waals surface area contributed by atoms with Crippen LogP contribution >= 0.6 is 0 Å². The van der Waals surface area contributed by atoms with Crippen LogP contribution in [0.3, 0.4) is 0 Å². The molecule has 0 fully saturated rings. The van der Waals surface area contributed by atoms with E-state index in [0.717, 1.165) is 161 Å². The second-order valence-electron chi connectivity index (χ2n) is 23.3. The van der Waals surface area contributed by atoms with Gasteiger partial charge in [0.25, 0.3) is 0 Å². The highest BCUT2D eigenvalue weighted by Gasteiger charge is 2.22. The Morgan fingerprint density at radius 1 is 0.337 bits per heavy atom. The van der Waals surface area contributed by atoms with Gasteiger partial charge >= 0.3 is 11.9 Å². The minimum absolute atomic E-state index is 0.131. The number of rotatable bonds is 61. The van der Waals surface area contributed by atoms with Gasteiger partial charge in [-0.3, -0.25) is 9.59 Å². The minimum Gasteiger partial charge on any atom is -0.545 e. The van der Waals surface area contributed by atoms with Crippen LogP contribution in [-0.2, 0) is 33.3 Å². The number of aliphatic carboxylic acids is 1. The summed E-state index contributed by atoms with van der Waals surface area (Å²) in [5.41, 5.74) is 0. The van der Waals surface area contributed by atoms with E-state index in [1.165, 1.54) is 38.5 Å². The number of quaternary nitrogens is 1. The van der Waals surface area contributed by atoms with E-state index in [1.54, 1.807) is 0 Å². The van der Waals surface area contributed by atoms with E-state index in [4.69, 9.17) is 18.9 Å². The van der Waals surface area contributed by atoms with Crippen molar-refractivity contribution in [2.24, 2.45) is 0 Å². The maximum absolute atomic E-state index is 12.9. The van der Waals surface area contributed by atoms with Gasteiger partial charge in [-0.25, -0.2) is 0 Å². The molecule has 0 aromatic heterocycles. The normalized spacial score (nSPS) is 13.9. The van der Waals surface area contributed by atoms with Crippen LogP contribution in [0.4, 0.5) is 0 Å². The van der Waals surface area contributed by atoms with E-state index in [-0.39, 0.29) is 38.6 Å². The van der Waals surface area contributed by atoms with Gasteiger partial charge in [0.1, 0.15) is 13.2 Å². The Hall–Kier alpha value is -5.87. The zero-order valence-corrected chi connectivity index (χ0v) is 56.7. The number of allylic oxidation sites excluding steroid dienone is 32. The first-order valence-corrected chi connectivity index (χ1v) is 34.6. The standard InChI is InChI=1S/C80H125NO8/c1-6-8-10-12-14-16-18-20-22-24-26-28-30-31-32-33-34-35-36-37-38-39-40-41-42-43-44-45-46-47-49-51-53-55-57-59-61-63-65-67-69-71-78(83)89-76(75-88-80(79(84)85)86-73-72-81(3,4)5)74-87-77(82)70-68-66-64-62-60-58-56-54-52-50-48-29-27-25-23-21-19-17-15-13-11-9-7-2/h8-11,14-17,20-23,26-29,31-32,34-35,37-38,40-41,43-44,46-47,51,53,57,59,76,80H,6-7,12-13,18-19,24-25,30,33,36,39,42,45,48-50,52,54-56,58,60-75H2,1-5H3/b10-8-,11-9-,16-14-,17-15-,22-20-,23-21-,28-26-,29-27-,32-31-,35-34-,38-37-,41-40-,44-43-,47-46-,53-51-,59-57-. The SMILES string of the molecule is CC/C=C\C/C=C\C/C=C\C/C=C\C/C=C\C/C=C\C/C=C\C/C=C\C/C=C\C/C=C\C/C=C\C/C=C\CCCCCCC(=O)OC(COC(=O)CCCCCCCCCCCC/C=C\C/C=C\C/C=C\C/C=C\CC)COC(OCC[N+](C)(C)C)C(=O)[O-]. The Balaban J connectivity index is 4.26. The number of carbonyl (C=O) groups excluding carboxylic acids is 3. The molecule has 9 heteroatoms. The van der Waals surface area contributed by atoms with Gasteiger partial charge in [-0.05, 0) is 141 Å². The summed E-state index contributed by atoms with van der Waals surface area (Å²) in [4.78, 5) is 37.5. The van der Waals surface area contributed by atoms with E-state index in [9.17, 15) is 19.5 Å². The maximum atomic E-state index is 12.9. The van der Waals surface area contributed by atoms with Crippen LogP contribution in [0.5, 0.6) is 0 Å². The number of carbonyl (C=O) groups is 3. The van der Waals surface area contributed by atoms with Crippen molar-refractivity contribution in [2.45, 2.75) is 245 Å². The second-order valence-corrected chi connectivity index (χ2v) is 23.3. The molecule has 2 atom stereocenters. The monoisotopic (exact) mass is 1230 g/mol. The molecule has 0 saturated carbocycles. The topological polar surface area (TPSA) is 111 Å². The van der Waals surface area contributed by atoms with Crippen LogP contribution in [0.1, 0.15) is 232 Å². The third kappa shape index (κ3) is 69.5. The number of ether oxygens (including phenoxy) is 4. The van der Waals surface area contributed by atoms with Crippen molar-refractivity contribution in [1.82, 2.24) is 0 Å². The number of likely N-dealkylation sites (N-methyl/N-ethyl adjacent to an activating group) is 1. The molecule has 0 saturated heterocycles. The summed E-state index contributed by atoms with van der Waals surface area (Å²) >= 11 is 0. The number of carboxylic acids is 1. The zero-order valence-electron chi connectivity index (χ0n) is 56.7. The molecular formula is C80H125NO8. The average Bonchev–Trinajstić information content (AvgIpc) is 3.64. The molecule has 0 radical (unpaired) electrons. The summed E-state index contributed by atoms with van der Waals surface area (Å²) in [6.07, 6.45) is 102. The quantitative estimate of drug-likeness (QED) is 0.0195. The fraction of sp³-hybridized carbons (Fsp3) is 0.562. The van der Waals surface area contributed by atoms with E-state index in [0.29, 0.717) is 17.4 Å². The Bertz CT molecular complexity index is 2160. The smallest absolute Gasteiger partial charge is 0.306 e. The van der Waals surface area contributed by atoms with E-state index in [1.807, 2.05) is 21.1 Å². The predicted molar refractivity (Wildman–Crippen MR) is 379 cm³/mol. The number of esters is 2. The Kier molecular flexibility index (Phi) is 63.6. The van der Waals surface area contributed by atoms with Crippen LogP contribution in [0, 0.1) is 0 Å². The first kappa shape index (κ1) is 83.1.